The van der Waals surface area contributed by atoms with E-state index in [1.165, 1.54) is 17.0 Å². The molecule has 0 unspecified atom stereocenters. The van der Waals surface area contributed by atoms with Crippen molar-refractivity contribution in [2.24, 2.45) is 0 Å². The van der Waals surface area contributed by atoms with E-state index in [2.05, 4.69) is 16.8 Å². The predicted molar refractivity (Wildman–Crippen MR) is 104 cm³/mol. The molecule has 1 N–H and O–H groups in total. The second-order valence-corrected chi connectivity index (χ2v) is 7.13. The van der Waals surface area contributed by atoms with Crippen LogP contribution in [0.15, 0.2) is 53.9 Å². The summed E-state index contributed by atoms with van der Waals surface area (Å²) in [6.07, 6.45) is 0. The number of rotatable bonds is 8. The van der Waals surface area contributed by atoms with Gasteiger partial charge in [-0.05, 0) is 40.8 Å². The van der Waals surface area contributed by atoms with Gasteiger partial charge >= 0.3 is 0 Å². The first-order valence-electron chi connectivity index (χ1n) is 8.12. The summed E-state index contributed by atoms with van der Waals surface area (Å²) in [5.41, 5.74) is 1.81. The second-order valence-electron chi connectivity index (χ2n) is 5.69. The lowest BCUT2D eigenvalue weighted by Crippen LogP contribution is -2.12. The number of methoxy groups -OCH3 is 1. The lowest BCUT2D eigenvalue weighted by molar-refractivity contribution is 0.284. The van der Waals surface area contributed by atoms with Gasteiger partial charge in [0.1, 0.15) is 12.4 Å². The van der Waals surface area contributed by atoms with Gasteiger partial charge in [0, 0.05) is 29.1 Å². The van der Waals surface area contributed by atoms with E-state index in [9.17, 15) is 4.39 Å². The first kappa shape index (κ1) is 18.7. The van der Waals surface area contributed by atoms with E-state index in [4.69, 9.17) is 21.1 Å². The number of hydrogen-bond acceptors (Lipinski definition) is 4. The van der Waals surface area contributed by atoms with E-state index in [0.717, 1.165) is 17.7 Å². The Morgan fingerprint density at radius 3 is 2.58 bits per heavy atom. The van der Waals surface area contributed by atoms with Crippen molar-refractivity contribution in [3.05, 3.63) is 80.8 Å². The van der Waals surface area contributed by atoms with Gasteiger partial charge in [-0.3, -0.25) is 0 Å². The lowest BCUT2D eigenvalue weighted by atomic mass is 10.2. The number of nitrogens with one attached hydrogen (secondary N) is 1. The summed E-state index contributed by atoms with van der Waals surface area (Å²) in [5.74, 6) is 0.905. The van der Waals surface area contributed by atoms with Crippen LogP contribution < -0.4 is 14.8 Å². The fourth-order valence-corrected chi connectivity index (χ4v) is 3.36. The number of thiophene rings is 1. The van der Waals surface area contributed by atoms with Crippen LogP contribution in [-0.2, 0) is 19.7 Å². The normalized spacial score (nSPS) is 10.7. The standard InChI is InChI=1S/C20H19ClFNO2S/c1-24-19-9-15(11-23-12-17-3-2-8-26-17)18(21)10-20(19)25-13-14-4-6-16(22)7-5-14/h2-10,23H,11-13H2,1H3. The lowest BCUT2D eigenvalue weighted by Gasteiger charge is -2.14. The van der Waals surface area contributed by atoms with Crippen LogP contribution in [0.1, 0.15) is 16.0 Å². The third-order valence-corrected chi connectivity index (χ3v) is 5.06. The van der Waals surface area contributed by atoms with Crippen molar-refractivity contribution >= 4 is 22.9 Å². The van der Waals surface area contributed by atoms with Crippen molar-refractivity contribution < 1.29 is 13.9 Å². The molecule has 26 heavy (non-hydrogen) atoms. The molecular weight excluding hydrogens is 373 g/mol. The Bertz CT molecular complexity index is 838. The van der Waals surface area contributed by atoms with Crippen molar-refractivity contribution in [3.8, 4) is 11.5 Å². The van der Waals surface area contributed by atoms with Gasteiger partial charge in [0.25, 0.3) is 0 Å². The number of ether oxygens (including phenoxy) is 2. The Labute approximate surface area is 161 Å². The van der Waals surface area contributed by atoms with Crippen molar-refractivity contribution in [3.63, 3.8) is 0 Å². The zero-order valence-electron chi connectivity index (χ0n) is 14.3. The molecule has 1 heterocycles. The third kappa shape index (κ3) is 4.97. The molecule has 0 aliphatic rings. The molecule has 3 aromatic rings. The van der Waals surface area contributed by atoms with E-state index in [1.807, 2.05) is 12.1 Å². The quantitative estimate of drug-likeness (QED) is 0.556. The van der Waals surface area contributed by atoms with E-state index in [0.29, 0.717) is 29.7 Å². The molecular formula is C20H19ClFNO2S. The van der Waals surface area contributed by atoms with Crippen LogP contribution in [0.5, 0.6) is 11.5 Å². The fourth-order valence-electron chi connectivity index (χ4n) is 2.46. The molecule has 0 fully saturated rings. The van der Waals surface area contributed by atoms with Gasteiger partial charge < -0.3 is 14.8 Å². The Morgan fingerprint density at radius 2 is 1.88 bits per heavy atom. The first-order chi connectivity index (χ1) is 12.7. The highest BCUT2D eigenvalue weighted by molar-refractivity contribution is 7.09. The third-order valence-electron chi connectivity index (χ3n) is 3.84. The molecule has 0 atom stereocenters. The average Bonchev–Trinajstić information content (AvgIpc) is 3.16. The van der Waals surface area contributed by atoms with Gasteiger partial charge in [-0.2, -0.15) is 0 Å². The Hall–Kier alpha value is -2.08. The van der Waals surface area contributed by atoms with Crippen molar-refractivity contribution in [2.75, 3.05) is 7.11 Å². The zero-order valence-corrected chi connectivity index (χ0v) is 15.9. The molecule has 136 valence electrons. The van der Waals surface area contributed by atoms with Gasteiger partial charge in [-0.15, -0.1) is 11.3 Å². The van der Waals surface area contributed by atoms with E-state index in [1.54, 1.807) is 36.6 Å². The molecule has 1 aromatic heterocycles. The fraction of sp³-hybridized carbons (Fsp3) is 0.200. The number of benzene rings is 2. The highest BCUT2D eigenvalue weighted by atomic mass is 35.5. The molecule has 0 aliphatic heterocycles. The highest BCUT2D eigenvalue weighted by Crippen LogP contribution is 2.34. The highest BCUT2D eigenvalue weighted by Gasteiger charge is 2.11. The Kier molecular flexibility index (Phi) is 6.50. The molecule has 2 aromatic carbocycles. The molecule has 0 bridgehead atoms. The van der Waals surface area contributed by atoms with Crippen LogP contribution in [0.4, 0.5) is 4.39 Å². The van der Waals surface area contributed by atoms with Crippen LogP contribution in [0.3, 0.4) is 0 Å². The van der Waals surface area contributed by atoms with Crippen LogP contribution in [0.25, 0.3) is 0 Å². The van der Waals surface area contributed by atoms with Crippen molar-refractivity contribution in [1.82, 2.24) is 5.32 Å². The molecule has 0 spiro atoms. The van der Waals surface area contributed by atoms with Crippen LogP contribution >= 0.6 is 22.9 Å². The maximum Gasteiger partial charge on any atom is 0.163 e. The minimum absolute atomic E-state index is 0.270. The zero-order chi connectivity index (χ0) is 18.4. The molecule has 0 aliphatic carbocycles. The van der Waals surface area contributed by atoms with E-state index < -0.39 is 0 Å². The molecule has 6 heteroatoms. The average molecular weight is 392 g/mol. The topological polar surface area (TPSA) is 30.5 Å². The van der Waals surface area contributed by atoms with Crippen LogP contribution in [0.2, 0.25) is 5.02 Å². The summed E-state index contributed by atoms with van der Waals surface area (Å²) in [7, 11) is 1.59. The SMILES string of the molecule is COc1cc(CNCc2cccs2)c(Cl)cc1OCc1ccc(F)cc1. The van der Waals surface area contributed by atoms with Gasteiger partial charge in [0.05, 0.1) is 7.11 Å². The summed E-state index contributed by atoms with van der Waals surface area (Å²) in [4.78, 5) is 1.27. The molecule has 0 amide bonds. The molecule has 0 saturated heterocycles. The summed E-state index contributed by atoms with van der Waals surface area (Å²) in [6.45, 7) is 1.73. The predicted octanol–water partition coefficient (Wildman–Crippen LogP) is 5.42. The number of hydrogen-bond donors (Lipinski definition) is 1. The summed E-state index contributed by atoms with van der Waals surface area (Å²) >= 11 is 8.11. The largest absolute Gasteiger partial charge is 0.493 e. The van der Waals surface area contributed by atoms with Crippen molar-refractivity contribution in [2.45, 2.75) is 19.7 Å². The summed E-state index contributed by atoms with van der Waals surface area (Å²) in [5, 5.41) is 6.04. The van der Waals surface area contributed by atoms with Crippen molar-refractivity contribution in [1.29, 1.82) is 0 Å². The monoisotopic (exact) mass is 391 g/mol. The Morgan fingerprint density at radius 1 is 1.08 bits per heavy atom. The van der Waals surface area contributed by atoms with E-state index in [-0.39, 0.29) is 5.82 Å². The van der Waals surface area contributed by atoms with Gasteiger partial charge in [0.2, 0.25) is 0 Å². The van der Waals surface area contributed by atoms with Gasteiger partial charge in [-0.25, -0.2) is 4.39 Å². The molecule has 3 nitrogen and oxygen atoms in total. The molecule has 3 rings (SSSR count). The minimum Gasteiger partial charge on any atom is -0.493 e. The summed E-state index contributed by atoms with van der Waals surface area (Å²) in [6, 6.07) is 13.9. The van der Waals surface area contributed by atoms with Gasteiger partial charge in [-0.1, -0.05) is 29.8 Å². The number of halogens is 2. The Balaban J connectivity index is 1.64. The van der Waals surface area contributed by atoms with Gasteiger partial charge in [0.15, 0.2) is 11.5 Å². The minimum atomic E-state index is -0.270. The molecule has 0 saturated carbocycles. The van der Waals surface area contributed by atoms with E-state index >= 15 is 0 Å². The first-order valence-corrected chi connectivity index (χ1v) is 9.38. The molecule has 0 radical (unpaired) electrons. The van der Waals surface area contributed by atoms with Crippen LogP contribution in [0, 0.1) is 5.82 Å². The maximum atomic E-state index is 13.0. The van der Waals surface area contributed by atoms with Crippen LogP contribution in [-0.4, -0.2) is 7.11 Å². The maximum absolute atomic E-state index is 13.0. The summed E-state index contributed by atoms with van der Waals surface area (Å²) < 4.78 is 24.2. The smallest absolute Gasteiger partial charge is 0.163 e. The second kappa shape index (κ2) is 9.03.